The molecule has 8 nitrogen and oxygen atoms in total. The lowest BCUT2D eigenvalue weighted by Gasteiger charge is -2.44. The first-order valence-corrected chi connectivity index (χ1v) is 24.2. The molecule has 0 unspecified atom stereocenters. The Bertz CT molecular complexity index is 2360. The van der Waals surface area contributed by atoms with Gasteiger partial charge in [0, 0.05) is 5.92 Å². The first-order chi connectivity index (χ1) is 30.6. The topological polar surface area (TPSA) is 117 Å². The number of allylic oxidation sites excluding steroid dienone is 1. The third-order valence-electron chi connectivity index (χ3n) is 12.4. The van der Waals surface area contributed by atoms with Crippen LogP contribution in [0.1, 0.15) is 76.5 Å². The molecule has 1 fully saturated rings. The van der Waals surface area contributed by atoms with Crippen molar-refractivity contribution in [1.82, 2.24) is 0 Å². The van der Waals surface area contributed by atoms with Gasteiger partial charge >= 0.3 is 12.4 Å². The van der Waals surface area contributed by atoms with E-state index in [1.165, 1.54) is 7.11 Å². The molecule has 0 radical (unpaired) electrons. The van der Waals surface area contributed by atoms with Crippen molar-refractivity contribution in [3.8, 4) is 11.5 Å². The van der Waals surface area contributed by atoms with Crippen LogP contribution in [0.4, 0.5) is 32.0 Å². The number of phenols is 1. The zero-order valence-electron chi connectivity index (χ0n) is 36.6. The summed E-state index contributed by atoms with van der Waals surface area (Å²) in [5, 5.41) is 35.3. The fourth-order valence-corrected chi connectivity index (χ4v) is 14.7. The van der Waals surface area contributed by atoms with Gasteiger partial charge in [-0.15, -0.1) is 0 Å². The van der Waals surface area contributed by atoms with Gasteiger partial charge in [-0.1, -0.05) is 106 Å². The molecule has 2 aliphatic rings. The summed E-state index contributed by atoms with van der Waals surface area (Å²) in [6.07, 6.45) is -8.32. The number of hydrogen-bond acceptors (Lipinski definition) is 7. The van der Waals surface area contributed by atoms with E-state index in [1.54, 1.807) is 12.1 Å². The fourth-order valence-electron chi connectivity index (χ4n) is 9.51. The molecule has 0 aromatic heterocycles. The van der Waals surface area contributed by atoms with Crippen LogP contribution in [-0.2, 0) is 26.4 Å². The maximum atomic E-state index is 14.5. The van der Waals surface area contributed by atoms with Crippen molar-refractivity contribution >= 4 is 64.9 Å². The maximum Gasteiger partial charge on any atom is 0.416 e. The average molecular weight is 1040 g/mol. The minimum absolute atomic E-state index is 0.00419. The number of hydrogen-bond donors (Lipinski definition) is 3. The summed E-state index contributed by atoms with van der Waals surface area (Å²) in [6.45, 7) is 7.22. The summed E-state index contributed by atoms with van der Waals surface area (Å²) in [6, 6.07) is 23.4. The number of carbonyl (C=O) groups is 2. The molecule has 1 aliphatic carbocycles. The molecule has 1 saturated heterocycles. The van der Waals surface area contributed by atoms with E-state index in [-0.39, 0.29) is 42.6 Å². The van der Waals surface area contributed by atoms with Crippen molar-refractivity contribution in [2.45, 2.75) is 83.3 Å². The molecule has 4 aromatic carbocycles. The first kappa shape index (κ1) is 49.9. The van der Waals surface area contributed by atoms with Crippen molar-refractivity contribution in [2.75, 3.05) is 25.2 Å². The molecular formula is C49H52F6INO7Si. The molecule has 3 N–H and O–H groups in total. The van der Waals surface area contributed by atoms with Gasteiger partial charge in [0.2, 0.25) is 11.8 Å². The normalized spacial score (nSPS) is 19.2. The van der Waals surface area contributed by atoms with Crippen LogP contribution in [0.15, 0.2) is 108 Å². The van der Waals surface area contributed by atoms with Crippen molar-refractivity contribution in [1.29, 1.82) is 0 Å². The summed E-state index contributed by atoms with van der Waals surface area (Å²) < 4.78 is 97.5. The molecule has 0 bridgehead atoms. The minimum atomic E-state index is -5.25. The van der Waals surface area contributed by atoms with E-state index in [2.05, 4.69) is 20.8 Å². The lowest BCUT2D eigenvalue weighted by atomic mass is 9.68. The number of benzene rings is 4. The van der Waals surface area contributed by atoms with E-state index < -0.39 is 84.8 Å². The van der Waals surface area contributed by atoms with Crippen LogP contribution in [0.3, 0.4) is 0 Å². The number of rotatable bonds is 15. The van der Waals surface area contributed by atoms with E-state index >= 15 is 0 Å². The summed E-state index contributed by atoms with van der Waals surface area (Å²) in [7, 11) is -1.86. The van der Waals surface area contributed by atoms with Crippen molar-refractivity contribution in [2.24, 2.45) is 17.8 Å². The summed E-state index contributed by atoms with van der Waals surface area (Å²) in [5.74, 6) is -5.80. The third-order valence-corrected chi connectivity index (χ3v) is 18.2. The number of anilines is 1. The number of nitrogens with zero attached hydrogens (tertiary/aromatic N) is 1. The van der Waals surface area contributed by atoms with Crippen LogP contribution in [0.5, 0.6) is 11.5 Å². The van der Waals surface area contributed by atoms with Crippen LogP contribution in [0.2, 0.25) is 5.04 Å². The number of alkyl halides is 6. The first-order valence-electron chi connectivity index (χ1n) is 21.3. The van der Waals surface area contributed by atoms with Gasteiger partial charge in [0.05, 0.1) is 58.6 Å². The number of ether oxygens (including phenoxy) is 1. The van der Waals surface area contributed by atoms with Gasteiger partial charge in [-0.05, 0) is 111 Å². The Labute approximate surface area is 389 Å². The van der Waals surface area contributed by atoms with E-state index in [9.17, 15) is 51.3 Å². The number of phenolic OH excluding ortho intramolecular Hbond substituents is 1. The second-order valence-electron chi connectivity index (χ2n) is 17.6. The number of aliphatic hydroxyl groups is 2. The number of fused-ring (bicyclic) bond motifs is 1. The summed E-state index contributed by atoms with van der Waals surface area (Å²) >= 11 is 2.00. The van der Waals surface area contributed by atoms with Crippen LogP contribution in [-0.4, -0.2) is 61.9 Å². The zero-order valence-corrected chi connectivity index (χ0v) is 39.7. The van der Waals surface area contributed by atoms with Crippen molar-refractivity contribution in [3.63, 3.8) is 0 Å². The molecule has 6 rings (SSSR count). The predicted octanol–water partition coefficient (Wildman–Crippen LogP) is 10.1. The highest BCUT2D eigenvalue weighted by Gasteiger charge is 2.57. The van der Waals surface area contributed by atoms with E-state index in [0.717, 1.165) is 27.9 Å². The third kappa shape index (κ3) is 10.3. The molecule has 1 heterocycles. The zero-order chi connectivity index (χ0) is 47.6. The second-order valence-corrected chi connectivity index (χ2v) is 23.0. The summed E-state index contributed by atoms with van der Waals surface area (Å²) in [4.78, 5) is 29.2. The number of aromatic hydroxyl groups is 1. The van der Waals surface area contributed by atoms with Gasteiger partial charge in [-0.3, -0.25) is 9.59 Å². The quantitative estimate of drug-likeness (QED) is 0.0357. The van der Waals surface area contributed by atoms with Crippen LogP contribution >= 0.6 is 22.6 Å². The Balaban J connectivity index is 1.47. The Kier molecular flexibility index (Phi) is 15.2. The van der Waals surface area contributed by atoms with Gasteiger partial charge < -0.3 is 24.5 Å². The van der Waals surface area contributed by atoms with Crippen LogP contribution in [0.25, 0.3) is 6.08 Å². The van der Waals surface area contributed by atoms with Crippen LogP contribution in [0, 0.1) is 21.3 Å². The van der Waals surface area contributed by atoms with Gasteiger partial charge in [-0.2, -0.15) is 26.3 Å². The molecule has 0 saturated carbocycles. The predicted molar refractivity (Wildman–Crippen MR) is 247 cm³/mol. The molecule has 16 heteroatoms. The molecular weight excluding hydrogens is 984 g/mol. The monoisotopic (exact) mass is 1040 g/mol. The molecule has 348 valence electrons. The summed E-state index contributed by atoms with van der Waals surface area (Å²) in [5.41, 5.74) is -1.96. The van der Waals surface area contributed by atoms with E-state index in [4.69, 9.17) is 9.16 Å². The smallest absolute Gasteiger partial charge is 0.416 e. The Morgan fingerprint density at radius 2 is 1.45 bits per heavy atom. The Morgan fingerprint density at radius 3 is 1.94 bits per heavy atom. The lowest BCUT2D eigenvalue weighted by molar-refractivity contribution is -0.143. The number of imide groups is 1. The van der Waals surface area contributed by atoms with Gasteiger partial charge in [0.1, 0.15) is 0 Å². The molecule has 1 aliphatic heterocycles. The number of methoxy groups -OCH3 is 1. The number of amides is 2. The fraction of sp³-hybridized carbons (Fsp3) is 0.388. The number of aliphatic hydroxyl groups excluding tert-OH is 2. The maximum absolute atomic E-state index is 14.5. The van der Waals surface area contributed by atoms with Gasteiger partial charge in [-0.25, -0.2) is 4.90 Å². The number of carbonyl (C=O) groups excluding carboxylic acids is 2. The highest BCUT2D eigenvalue weighted by molar-refractivity contribution is 14.1. The van der Waals surface area contributed by atoms with Gasteiger partial charge in [0.15, 0.2) is 11.5 Å². The standard InChI is InChI=1S/C49H52F6INO7Si/c1-6-13-29(20-30-21-39(56)44(60)41(22-30)63-5)18-19-40(59)42-31(28-64-65(47(2,3)4,35-14-9-7-10-15-35)36-16-11-8-12-17-36)23-37-43(38(42)27-58)46(62)57(45(37)61)34-25-32(48(50,51)52)24-33(26-34)49(53,54)55/h7-12,14-17,20-22,24-26,37-38,40,43,58-60H,6,13,18-19,23,27-28H2,1-5H3/b29-20+/t37-,38+,40-,43-/m1/s1. The lowest BCUT2D eigenvalue weighted by Crippen LogP contribution is -2.66. The minimum Gasteiger partial charge on any atom is -0.504 e. The molecule has 65 heavy (non-hydrogen) atoms. The van der Waals surface area contributed by atoms with E-state index in [0.29, 0.717) is 39.0 Å². The highest BCUT2D eigenvalue weighted by Crippen LogP contribution is 2.49. The van der Waals surface area contributed by atoms with Crippen LogP contribution < -0.4 is 20.0 Å². The molecule has 4 aromatic rings. The SMILES string of the molecule is CCC/C(=C\c1cc(I)c(O)c(OC)c1)CC[C@@H](O)C1=C(CO[Si](c2ccccc2)(c2ccccc2)C(C)(C)C)C[C@H]2C(=O)N(c3cc(C(F)(F)F)cc(C(F)(F)F)c3)C(=O)[C@H]2[C@H]1CO. The van der Waals surface area contributed by atoms with E-state index in [1.807, 2.05) is 96.3 Å². The van der Waals surface area contributed by atoms with Crippen molar-refractivity contribution in [3.05, 3.63) is 128 Å². The Morgan fingerprint density at radius 1 is 0.877 bits per heavy atom. The highest BCUT2D eigenvalue weighted by atomic mass is 127. The molecule has 4 atom stereocenters. The largest absolute Gasteiger partial charge is 0.504 e. The Hall–Kier alpha value is -4.49. The average Bonchev–Trinajstić information content (AvgIpc) is 3.51. The second kappa shape index (κ2) is 19.8. The molecule has 2 amide bonds. The van der Waals surface area contributed by atoms with Crippen molar-refractivity contribution < 1.29 is 60.4 Å². The van der Waals surface area contributed by atoms with Gasteiger partial charge in [0.25, 0.3) is 8.32 Å². The molecule has 0 spiro atoms. The number of halogens is 7.